The van der Waals surface area contributed by atoms with E-state index in [2.05, 4.69) is 21.2 Å². The summed E-state index contributed by atoms with van der Waals surface area (Å²) >= 11 is 8.25. The van der Waals surface area contributed by atoms with Gasteiger partial charge in [0, 0.05) is 15.7 Å². The van der Waals surface area contributed by atoms with Crippen molar-refractivity contribution in [1.29, 1.82) is 0 Å². The molecule has 2 nitrogen and oxygen atoms in total. The Morgan fingerprint density at radius 2 is 1.95 bits per heavy atom. The molecule has 6 heteroatoms. The molecule has 2 rings (SSSR count). The minimum Gasteiger partial charge on any atom is -0.389 e. The molecule has 0 aliphatic heterocycles. The lowest BCUT2D eigenvalue weighted by Gasteiger charge is -2.14. The Hall–Kier alpha value is -1.53. The maximum absolute atomic E-state index is 14.0. The highest BCUT2D eigenvalue weighted by Crippen LogP contribution is 2.29. The second-order valence-electron chi connectivity index (χ2n) is 4.23. The summed E-state index contributed by atoms with van der Waals surface area (Å²) in [5.41, 5.74) is 6.72. The van der Waals surface area contributed by atoms with Crippen molar-refractivity contribution in [2.75, 3.05) is 5.32 Å². The zero-order valence-electron chi connectivity index (χ0n) is 10.5. The molecule has 0 bridgehead atoms. The molecule has 0 unspecified atom stereocenters. The minimum atomic E-state index is -0.676. The van der Waals surface area contributed by atoms with Gasteiger partial charge in [-0.05, 0) is 36.8 Å². The van der Waals surface area contributed by atoms with Crippen molar-refractivity contribution in [3.8, 4) is 0 Å². The highest BCUT2D eigenvalue weighted by atomic mass is 79.9. The Labute approximate surface area is 129 Å². The van der Waals surface area contributed by atoms with Gasteiger partial charge in [-0.2, -0.15) is 0 Å². The maximum Gasteiger partial charge on any atom is 0.152 e. The molecule has 104 valence electrons. The standard InChI is InChI=1S/C14H11BrF2N2S/c1-7-2-4-10(16)13(12(7)17)19-11-5-3-8(15)6-9(11)14(18)20/h2-6,19H,1H3,(H2,18,20). The van der Waals surface area contributed by atoms with Gasteiger partial charge in [0.15, 0.2) is 5.82 Å². The van der Waals surface area contributed by atoms with E-state index in [0.717, 1.165) is 4.47 Å². The first-order valence-corrected chi connectivity index (χ1v) is 6.91. The predicted molar refractivity (Wildman–Crippen MR) is 84.4 cm³/mol. The molecule has 2 aromatic carbocycles. The summed E-state index contributed by atoms with van der Waals surface area (Å²) < 4.78 is 28.5. The van der Waals surface area contributed by atoms with E-state index >= 15 is 0 Å². The van der Waals surface area contributed by atoms with Crippen molar-refractivity contribution >= 4 is 44.5 Å². The van der Waals surface area contributed by atoms with Gasteiger partial charge in [0.2, 0.25) is 0 Å². The van der Waals surface area contributed by atoms with E-state index < -0.39 is 11.6 Å². The third kappa shape index (κ3) is 2.96. The quantitative estimate of drug-likeness (QED) is 0.799. The first-order chi connectivity index (χ1) is 9.40. The third-order valence-corrected chi connectivity index (χ3v) is 3.50. The van der Waals surface area contributed by atoms with E-state index in [-0.39, 0.29) is 10.7 Å². The molecule has 0 aliphatic rings. The first-order valence-electron chi connectivity index (χ1n) is 5.71. The number of anilines is 2. The maximum atomic E-state index is 14.0. The number of aryl methyl sites for hydroxylation is 1. The van der Waals surface area contributed by atoms with Gasteiger partial charge in [0.1, 0.15) is 16.5 Å². The van der Waals surface area contributed by atoms with Gasteiger partial charge in [-0.3, -0.25) is 0 Å². The molecular weight excluding hydrogens is 346 g/mol. The van der Waals surface area contributed by atoms with Crippen LogP contribution in [0.15, 0.2) is 34.8 Å². The number of rotatable bonds is 3. The molecule has 0 amide bonds. The van der Waals surface area contributed by atoms with Crippen LogP contribution < -0.4 is 11.1 Å². The number of nitrogens with one attached hydrogen (secondary N) is 1. The Bertz CT molecular complexity index is 689. The highest BCUT2D eigenvalue weighted by Gasteiger charge is 2.14. The SMILES string of the molecule is Cc1ccc(F)c(Nc2ccc(Br)cc2C(N)=S)c1F. The molecule has 0 spiro atoms. The average Bonchev–Trinajstić information content (AvgIpc) is 2.40. The van der Waals surface area contributed by atoms with E-state index in [1.807, 2.05) is 0 Å². The van der Waals surface area contributed by atoms with E-state index in [1.165, 1.54) is 12.1 Å². The van der Waals surface area contributed by atoms with E-state index in [4.69, 9.17) is 18.0 Å². The van der Waals surface area contributed by atoms with Crippen LogP contribution in [0, 0.1) is 18.6 Å². The summed E-state index contributed by atoms with van der Waals surface area (Å²) in [4.78, 5) is 0.141. The van der Waals surface area contributed by atoms with Crippen LogP contribution in [0.5, 0.6) is 0 Å². The summed E-state index contributed by atoms with van der Waals surface area (Å²) in [6.07, 6.45) is 0. The fourth-order valence-corrected chi connectivity index (χ4v) is 2.27. The smallest absolute Gasteiger partial charge is 0.152 e. The Morgan fingerprint density at radius 1 is 1.25 bits per heavy atom. The van der Waals surface area contributed by atoms with Gasteiger partial charge in [0.05, 0.1) is 0 Å². The van der Waals surface area contributed by atoms with Crippen molar-refractivity contribution in [2.24, 2.45) is 5.73 Å². The molecule has 0 heterocycles. The lowest BCUT2D eigenvalue weighted by molar-refractivity contribution is 0.585. The van der Waals surface area contributed by atoms with Crippen LogP contribution in [0.1, 0.15) is 11.1 Å². The van der Waals surface area contributed by atoms with Crippen molar-refractivity contribution in [3.05, 3.63) is 57.6 Å². The highest BCUT2D eigenvalue weighted by molar-refractivity contribution is 9.10. The van der Waals surface area contributed by atoms with Crippen molar-refractivity contribution < 1.29 is 8.78 Å². The third-order valence-electron chi connectivity index (χ3n) is 2.79. The number of halogens is 3. The van der Waals surface area contributed by atoms with Crippen molar-refractivity contribution in [2.45, 2.75) is 6.92 Å². The average molecular weight is 357 g/mol. The zero-order valence-corrected chi connectivity index (χ0v) is 12.9. The number of thiocarbonyl (C=S) groups is 1. The van der Waals surface area contributed by atoms with Crippen LogP contribution in [0.25, 0.3) is 0 Å². The molecule has 0 aliphatic carbocycles. The summed E-state index contributed by atoms with van der Waals surface area (Å²) in [5, 5.41) is 2.72. The summed E-state index contributed by atoms with van der Waals surface area (Å²) in [6.45, 7) is 1.57. The van der Waals surface area contributed by atoms with Gasteiger partial charge in [-0.25, -0.2) is 8.78 Å². The molecule has 0 fully saturated rings. The summed E-state index contributed by atoms with van der Waals surface area (Å²) in [5.74, 6) is -1.31. The Morgan fingerprint density at radius 3 is 2.60 bits per heavy atom. The second-order valence-corrected chi connectivity index (χ2v) is 5.59. The Balaban J connectivity index is 2.51. The number of hydrogen-bond acceptors (Lipinski definition) is 2. The minimum absolute atomic E-state index is 0.141. The van der Waals surface area contributed by atoms with E-state index in [0.29, 0.717) is 16.8 Å². The van der Waals surface area contributed by atoms with E-state index in [9.17, 15) is 8.78 Å². The van der Waals surface area contributed by atoms with Crippen molar-refractivity contribution in [1.82, 2.24) is 0 Å². The summed E-state index contributed by atoms with van der Waals surface area (Å²) in [7, 11) is 0. The first kappa shape index (κ1) is 14.9. The normalized spacial score (nSPS) is 10.4. The van der Waals surface area contributed by atoms with Gasteiger partial charge in [-0.1, -0.05) is 34.2 Å². The molecule has 0 radical (unpaired) electrons. The van der Waals surface area contributed by atoms with Gasteiger partial charge < -0.3 is 11.1 Å². The van der Waals surface area contributed by atoms with Gasteiger partial charge in [0.25, 0.3) is 0 Å². The lowest BCUT2D eigenvalue weighted by atomic mass is 10.1. The van der Waals surface area contributed by atoms with Crippen molar-refractivity contribution in [3.63, 3.8) is 0 Å². The van der Waals surface area contributed by atoms with Crippen LogP contribution in [0.3, 0.4) is 0 Å². The molecular formula is C14H11BrF2N2S. The molecule has 3 N–H and O–H groups in total. The molecule has 0 atom stereocenters. The number of benzene rings is 2. The molecule has 0 saturated heterocycles. The summed E-state index contributed by atoms with van der Waals surface area (Å²) in [6, 6.07) is 7.66. The topological polar surface area (TPSA) is 38.0 Å². The van der Waals surface area contributed by atoms with Gasteiger partial charge in [-0.15, -0.1) is 0 Å². The predicted octanol–water partition coefficient (Wildman–Crippen LogP) is 4.41. The zero-order chi connectivity index (χ0) is 14.9. The van der Waals surface area contributed by atoms with Crippen LogP contribution in [-0.4, -0.2) is 4.99 Å². The number of nitrogens with two attached hydrogens (primary N) is 1. The van der Waals surface area contributed by atoms with Crippen LogP contribution in [0.4, 0.5) is 20.2 Å². The number of hydrogen-bond donors (Lipinski definition) is 2. The molecule has 20 heavy (non-hydrogen) atoms. The second kappa shape index (κ2) is 5.85. The Kier molecular flexibility index (Phi) is 4.35. The van der Waals surface area contributed by atoms with Crippen LogP contribution >= 0.6 is 28.1 Å². The molecule has 0 aromatic heterocycles. The largest absolute Gasteiger partial charge is 0.389 e. The molecule has 2 aromatic rings. The van der Waals surface area contributed by atoms with Crippen LogP contribution in [0.2, 0.25) is 0 Å². The fourth-order valence-electron chi connectivity index (χ4n) is 1.74. The molecule has 0 saturated carbocycles. The van der Waals surface area contributed by atoms with Gasteiger partial charge >= 0.3 is 0 Å². The fraction of sp³-hybridized carbons (Fsp3) is 0.0714. The monoisotopic (exact) mass is 356 g/mol. The van der Waals surface area contributed by atoms with Crippen LogP contribution in [-0.2, 0) is 0 Å². The lowest BCUT2D eigenvalue weighted by Crippen LogP contribution is -2.12. The van der Waals surface area contributed by atoms with E-state index in [1.54, 1.807) is 25.1 Å².